The van der Waals surface area contributed by atoms with Gasteiger partial charge in [0.2, 0.25) is 0 Å². The van der Waals surface area contributed by atoms with Gasteiger partial charge in [-0.3, -0.25) is 4.40 Å². The highest BCUT2D eigenvalue weighted by atomic mass is 32.1. The summed E-state index contributed by atoms with van der Waals surface area (Å²) in [6, 6.07) is 14.6. The Morgan fingerprint density at radius 3 is 2.42 bits per heavy atom. The second kappa shape index (κ2) is 5.80. The fraction of sp³-hybridized carbons (Fsp3) is 0.150. The van der Waals surface area contributed by atoms with Crippen molar-refractivity contribution < 1.29 is 0 Å². The van der Waals surface area contributed by atoms with Crippen molar-refractivity contribution in [3.63, 3.8) is 0 Å². The summed E-state index contributed by atoms with van der Waals surface area (Å²) < 4.78 is 2.13. The van der Waals surface area contributed by atoms with Gasteiger partial charge in [0.05, 0.1) is 4.88 Å². The van der Waals surface area contributed by atoms with Crippen molar-refractivity contribution in [2.45, 2.75) is 20.8 Å². The number of aryl methyl sites for hydroxylation is 3. The fourth-order valence-corrected chi connectivity index (χ4v) is 3.94. The van der Waals surface area contributed by atoms with E-state index in [4.69, 9.17) is 4.98 Å². The van der Waals surface area contributed by atoms with E-state index in [1.807, 2.05) is 18.2 Å². The molecule has 1 aromatic carbocycles. The number of fused-ring (bicyclic) bond motifs is 1. The Morgan fingerprint density at radius 2 is 1.71 bits per heavy atom. The third-order valence-corrected chi connectivity index (χ3v) is 5.35. The number of pyridine rings is 1. The molecule has 0 spiro atoms. The molecule has 0 bridgehead atoms. The summed E-state index contributed by atoms with van der Waals surface area (Å²) >= 11 is 1.74. The van der Waals surface area contributed by atoms with E-state index in [9.17, 15) is 0 Å². The van der Waals surface area contributed by atoms with Gasteiger partial charge in [-0.15, -0.1) is 11.3 Å². The highest BCUT2D eigenvalue weighted by Crippen LogP contribution is 2.37. The van der Waals surface area contributed by atoms with Crippen LogP contribution in [0.1, 0.15) is 16.7 Å². The number of nitrogens with one attached hydrogen (secondary N) is 1. The molecular formula is C20H19N3S. The van der Waals surface area contributed by atoms with Crippen LogP contribution in [0, 0.1) is 20.8 Å². The lowest BCUT2D eigenvalue weighted by atomic mass is 10.1. The first kappa shape index (κ1) is 15.0. The molecule has 0 aliphatic heterocycles. The number of hydrogen-bond donors (Lipinski definition) is 1. The van der Waals surface area contributed by atoms with E-state index in [1.165, 1.54) is 21.6 Å². The number of hydrogen-bond acceptors (Lipinski definition) is 3. The zero-order chi connectivity index (χ0) is 16.7. The number of nitrogens with zero attached hydrogens (tertiary/aromatic N) is 2. The van der Waals surface area contributed by atoms with Gasteiger partial charge in [0.25, 0.3) is 0 Å². The summed E-state index contributed by atoms with van der Waals surface area (Å²) in [5, 5.41) is 5.78. The summed E-state index contributed by atoms with van der Waals surface area (Å²) in [7, 11) is 0. The largest absolute Gasteiger partial charge is 0.339 e. The Balaban J connectivity index is 1.95. The summed E-state index contributed by atoms with van der Waals surface area (Å²) in [6.45, 7) is 6.40. The number of rotatable bonds is 3. The van der Waals surface area contributed by atoms with Gasteiger partial charge in [-0.05, 0) is 61.0 Å². The Kier molecular flexibility index (Phi) is 3.62. The highest BCUT2D eigenvalue weighted by Gasteiger charge is 2.17. The first-order valence-corrected chi connectivity index (χ1v) is 8.88. The van der Waals surface area contributed by atoms with Gasteiger partial charge in [0.15, 0.2) is 0 Å². The number of anilines is 2. The van der Waals surface area contributed by atoms with Gasteiger partial charge in [-0.25, -0.2) is 4.98 Å². The normalized spacial score (nSPS) is 11.1. The summed E-state index contributed by atoms with van der Waals surface area (Å²) in [5.74, 6) is 1.02. The zero-order valence-electron chi connectivity index (χ0n) is 14.0. The van der Waals surface area contributed by atoms with E-state index in [1.54, 1.807) is 11.3 Å². The van der Waals surface area contributed by atoms with Gasteiger partial charge < -0.3 is 5.32 Å². The molecule has 4 rings (SSSR count). The van der Waals surface area contributed by atoms with E-state index in [0.717, 1.165) is 22.8 Å². The van der Waals surface area contributed by atoms with Crippen molar-refractivity contribution in [3.05, 3.63) is 70.7 Å². The lowest BCUT2D eigenvalue weighted by molar-refractivity contribution is 1.18. The molecule has 3 heterocycles. The molecule has 0 saturated heterocycles. The number of benzene rings is 1. The molecule has 3 nitrogen and oxygen atoms in total. The molecule has 0 amide bonds. The van der Waals surface area contributed by atoms with Gasteiger partial charge >= 0.3 is 0 Å². The molecule has 0 aliphatic carbocycles. The minimum absolute atomic E-state index is 0.953. The maximum atomic E-state index is 4.88. The lowest BCUT2D eigenvalue weighted by Crippen LogP contribution is -2.00. The molecule has 0 unspecified atom stereocenters. The highest BCUT2D eigenvalue weighted by molar-refractivity contribution is 7.13. The fourth-order valence-electron chi connectivity index (χ4n) is 3.02. The van der Waals surface area contributed by atoms with Gasteiger partial charge in [0, 0.05) is 11.9 Å². The molecule has 0 aliphatic rings. The quantitative estimate of drug-likeness (QED) is 0.518. The van der Waals surface area contributed by atoms with Crippen molar-refractivity contribution in [3.8, 4) is 10.6 Å². The van der Waals surface area contributed by atoms with Crippen LogP contribution < -0.4 is 5.32 Å². The molecule has 0 radical (unpaired) electrons. The Labute approximate surface area is 145 Å². The average molecular weight is 333 g/mol. The summed E-state index contributed by atoms with van der Waals surface area (Å²) in [4.78, 5) is 6.10. The van der Waals surface area contributed by atoms with Crippen LogP contribution in [0.3, 0.4) is 0 Å². The molecule has 3 aromatic heterocycles. The predicted molar refractivity (Wildman–Crippen MR) is 102 cm³/mol. The van der Waals surface area contributed by atoms with Crippen LogP contribution in [-0.2, 0) is 0 Å². The molecule has 1 N–H and O–H groups in total. The maximum Gasteiger partial charge on any atom is 0.144 e. The second-order valence-corrected chi connectivity index (χ2v) is 6.98. The van der Waals surface area contributed by atoms with E-state index < -0.39 is 0 Å². The minimum atomic E-state index is 0.953. The smallest absolute Gasteiger partial charge is 0.144 e. The van der Waals surface area contributed by atoms with Crippen LogP contribution in [-0.4, -0.2) is 9.38 Å². The van der Waals surface area contributed by atoms with Crippen LogP contribution in [0.15, 0.2) is 54.0 Å². The lowest BCUT2D eigenvalue weighted by Gasteiger charge is -2.13. The van der Waals surface area contributed by atoms with Crippen LogP contribution in [0.25, 0.3) is 16.2 Å². The van der Waals surface area contributed by atoms with Crippen LogP contribution in [0.4, 0.5) is 11.5 Å². The van der Waals surface area contributed by atoms with Crippen molar-refractivity contribution in [2.75, 3.05) is 5.32 Å². The van der Waals surface area contributed by atoms with E-state index in [-0.39, 0.29) is 0 Å². The third kappa shape index (κ3) is 2.39. The SMILES string of the molecule is Cc1ccsc1-c1nc2ccccn2c1Nc1c(C)cccc1C. The summed E-state index contributed by atoms with van der Waals surface area (Å²) in [5.41, 5.74) is 6.83. The van der Waals surface area contributed by atoms with Crippen LogP contribution in [0.2, 0.25) is 0 Å². The Morgan fingerprint density at radius 1 is 0.917 bits per heavy atom. The van der Waals surface area contributed by atoms with Crippen molar-refractivity contribution in [1.82, 2.24) is 9.38 Å². The second-order valence-electron chi connectivity index (χ2n) is 6.06. The first-order valence-electron chi connectivity index (χ1n) is 8.00. The first-order chi connectivity index (χ1) is 11.6. The molecule has 0 fully saturated rings. The van der Waals surface area contributed by atoms with Crippen molar-refractivity contribution in [1.29, 1.82) is 0 Å². The molecule has 4 heteroatoms. The molecular weight excluding hydrogens is 314 g/mol. The standard InChI is InChI=1S/C20H19N3S/c1-13-7-6-8-14(2)17(13)22-20-18(19-15(3)10-12-24-19)21-16-9-4-5-11-23(16)20/h4-12,22H,1-3H3. The van der Waals surface area contributed by atoms with E-state index in [2.05, 4.69) is 66.3 Å². The number of imidazole rings is 1. The third-order valence-electron chi connectivity index (χ3n) is 4.33. The van der Waals surface area contributed by atoms with E-state index >= 15 is 0 Å². The molecule has 120 valence electrons. The number of thiophene rings is 1. The number of aromatic nitrogens is 2. The van der Waals surface area contributed by atoms with Crippen molar-refractivity contribution >= 4 is 28.5 Å². The molecule has 24 heavy (non-hydrogen) atoms. The average Bonchev–Trinajstić information content (AvgIpc) is 3.14. The molecule has 0 atom stereocenters. The molecule has 0 saturated carbocycles. The van der Waals surface area contributed by atoms with Crippen LogP contribution in [0.5, 0.6) is 0 Å². The van der Waals surface area contributed by atoms with E-state index in [0.29, 0.717) is 0 Å². The Hall–Kier alpha value is -2.59. The van der Waals surface area contributed by atoms with Gasteiger partial charge in [-0.1, -0.05) is 24.3 Å². The zero-order valence-corrected chi connectivity index (χ0v) is 14.8. The van der Waals surface area contributed by atoms with Crippen LogP contribution >= 0.6 is 11.3 Å². The maximum absolute atomic E-state index is 4.88. The summed E-state index contributed by atoms with van der Waals surface area (Å²) in [6.07, 6.45) is 2.06. The monoisotopic (exact) mass is 333 g/mol. The van der Waals surface area contributed by atoms with Gasteiger partial charge in [-0.2, -0.15) is 0 Å². The minimum Gasteiger partial charge on any atom is -0.339 e. The molecule has 4 aromatic rings. The predicted octanol–water partition coefficient (Wildman–Crippen LogP) is 5.73. The van der Waals surface area contributed by atoms with Gasteiger partial charge in [0.1, 0.15) is 17.2 Å². The number of para-hydroxylation sites is 1. The Bertz CT molecular complexity index is 1010. The van der Waals surface area contributed by atoms with Crippen molar-refractivity contribution in [2.24, 2.45) is 0 Å². The topological polar surface area (TPSA) is 29.3 Å².